The predicted octanol–water partition coefficient (Wildman–Crippen LogP) is 2.50. The molecule has 0 aliphatic rings. The third-order valence-corrected chi connectivity index (χ3v) is 2.43. The van der Waals surface area contributed by atoms with Gasteiger partial charge in [-0.1, -0.05) is 11.6 Å². The number of methoxy groups -OCH3 is 1. The number of phenolic OH excluding ortho intramolecular Hbond substituents is 1. The van der Waals surface area contributed by atoms with Gasteiger partial charge in [0.15, 0.2) is 0 Å². The number of halogens is 2. The largest absolute Gasteiger partial charge is 0.506 e. The summed E-state index contributed by atoms with van der Waals surface area (Å²) in [5.41, 5.74) is 2.46. The number of benzene rings is 1. The lowest BCUT2D eigenvalue weighted by molar-refractivity contribution is 0.171. The van der Waals surface area contributed by atoms with Gasteiger partial charge in [-0.25, -0.2) is 10.2 Å². The first-order valence-corrected chi connectivity index (χ1v) is 5.26. The van der Waals surface area contributed by atoms with Crippen LogP contribution in [0.5, 0.6) is 5.75 Å². The highest BCUT2D eigenvalue weighted by Gasteiger charge is 2.05. The molecule has 0 fully saturated rings. The van der Waals surface area contributed by atoms with Crippen LogP contribution in [0.2, 0.25) is 5.02 Å². The smallest absolute Gasteiger partial charge is 0.427 e. The Bertz CT molecular complexity index is 437. The molecule has 0 saturated heterocycles. The lowest BCUT2D eigenvalue weighted by Gasteiger charge is -2.02. The van der Waals surface area contributed by atoms with E-state index in [0.29, 0.717) is 15.1 Å². The van der Waals surface area contributed by atoms with E-state index in [-0.39, 0.29) is 5.75 Å². The number of hydrazone groups is 1. The molecule has 1 amide bonds. The van der Waals surface area contributed by atoms with Gasteiger partial charge in [-0.05, 0) is 28.1 Å². The Morgan fingerprint density at radius 2 is 2.38 bits per heavy atom. The number of nitrogens with one attached hydrogen (secondary N) is 1. The summed E-state index contributed by atoms with van der Waals surface area (Å²) in [5.74, 6) is -0.0141. The minimum Gasteiger partial charge on any atom is -0.506 e. The number of nitrogens with zero attached hydrogens (tertiary/aromatic N) is 1. The molecule has 16 heavy (non-hydrogen) atoms. The molecule has 1 aromatic rings. The van der Waals surface area contributed by atoms with E-state index in [9.17, 15) is 9.90 Å². The van der Waals surface area contributed by atoms with Crippen LogP contribution in [0.3, 0.4) is 0 Å². The molecule has 0 atom stereocenters. The van der Waals surface area contributed by atoms with Crippen LogP contribution in [-0.4, -0.2) is 24.5 Å². The second-order valence-electron chi connectivity index (χ2n) is 2.69. The molecular weight excluding hydrogens is 299 g/mol. The quantitative estimate of drug-likeness (QED) is 0.651. The van der Waals surface area contributed by atoms with Crippen molar-refractivity contribution in [2.75, 3.05) is 7.11 Å². The average Bonchev–Trinajstić information content (AvgIpc) is 2.24. The van der Waals surface area contributed by atoms with Crippen molar-refractivity contribution in [2.45, 2.75) is 0 Å². The maximum absolute atomic E-state index is 10.7. The molecule has 5 nitrogen and oxygen atoms in total. The lowest BCUT2D eigenvalue weighted by Crippen LogP contribution is -2.16. The van der Waals surface area contributed by atoms with Gasteiger partial charge in [0.2, 0.25) is 0 Å². The van der Waals surface area contributed by atoms with Gasteiger partial charge in [0.25, 0.3) is 0 Å². The highest BCUT2D eigenvalue weighted by Crippen LogP contribution is 2.30. The van der Waals surface area contributed by atoms with E-state index in [2.05, 4.69) is 31.2 Å². The van der Waals surface area contributed by atoms with Gasteiger partial charge in [0.05, 0.1) is 17.8 Å². The normalized spacial score (nSPS) is 10.4. The van der Waals surface area contributed by atoms with Crippen LogP contribution in [0.1, 0.15) is 5.56 Å². The second-order valence-corrected chi connectivity index (χ2v) is 3.98. The Hall–Kier alpha value is -1.27. The van der Waals surface area contributed by atoms with Gasteiger partial charge >= 0.3 is 6.09 Å². The molecule has 1 rings (SSSR count). The van der Waals surface area contributed by atoms with E-state index in [1.165, 1.54) is 19.4 Å². The van der Waals surface area contributed by atoms with Crippen LogP contribution < -0.4 is 5.43 Å². The van der Waals surface area contributed by atoms with Gasteiger partial charge in [-0.15, -0.1) is 0 Å². The number of rotatable bonds is 2. The van der Waals surface area contributed by atoms with Crippen molar-refractivity contribution >= 4 is 39.8 Å². The molecule has 0 spiro atoms. The van der Waals surface area contributed by atoms with Crippen molar-refractivity contribution in [3.8, 4) is 5.75 Å². The summed E-state index contributed by atoms with van der Waals surface area (Å²) in [6, 6.07) is 3.05. The number of hydrogen-bond donors (Lipinski definition) is 2. The maximum atomic E-state index is 10.7. The fourth-order valence-electron chi connectivity index (χ4n) is 0.884. The number of carbonyl (C=O) groups excluding carboxylic acids is 1. The van der Waals surface area contributed by atoms with Crippen LogP contribution >= 0.6 is 27.5 Å². The third kappa shape index (κ3) is 3.39. The van der Waals surface area contributed by atoms with Crippen LogP contribution in [0.15, 0.2) is 21.7 Å². The monoisotopic (exact) mass is 306 g/mol. The summed E-state index contributed by atoms with van der Waals surface area (Å²) >= 11 is 8.90. The van der Waals surface area contributed by atoms with Gasteiger partial charge in [-0.3, -0.25) is 0 Å². The number of carbonyl (C=O) groups is 1. The molecule has 0 aliphatic heterocycles. The predicted molar refractivity (Wildman–Crippen MR) is 64.0 cm³/mol. The number of phenols is 1. The van der Waals surface area contributed by atoms with E-state index in [1.807, 2.05) is 0 Å². The maximum Gasteiger partial charge on any atom is 0.427 e. The van der Waals surface area contributed by atoms with Gasteiger partial charge in [0.1, 0.15) is 5.75 Å². The minimum atomic E-state index is -0.697. The Balaban J connectivity index is 2.85. The number of hydrogen-bond acceptors (Lipinski definition) is 4. The van der Waals surface area contributed by atoms with Crippen molar-refractivity contribution in [1.82, 2.24) is 5.43 Å². The van der Waals surface area contributed by atoms with E-state index in [0.717, 1.165) is 0 Å². The highest BCUT2D eigenvalue weighted by molar-refractivity contribution is 9.10. The van der Waals surface area contributed by atoms with Gasteiger partial charge in [0, 0.05) is 10.6 Å². The zero-order valence-electron chi connectivity index (χ0n) is 8.20. The molecule has 0 aromatic heterocycles. The summed E-state index contributed by atoms with van der Waals surface area (Å²) in [4.78, 5) is 10.7. The first-order chi connectivity index (χ1) is 7.54. The molecule has 7 heteroatoms. The molecule has 0 unspecified atom stereocenters. The molecule has 0 heterocycles. The second kappa shape index (κ2) is 5.72. The van der Waals surface area contributed by atoms with Crippen molar-refractivity contribution in [3.63, 3.8) is 0 Å². The summed E-state index contributed by atoms with van der Waals surface area (Å²) in [7, 11) is 1.22. The lowest BCUT2D eigenvalue weighted by atomic mass is 10.2. The van der Waals surface area contributed by atoms with Crippen LogP contribution in [0.25, 0.3) is 0 Å². The highest BCUT2D eigenvalue weighted by atomic mass is 79.9. The number of aromatic hydroxyl groups is 1. The minimum absolute atomic E-state index is 0.0141. The first kappa shape index (κ1) is 12.8. The van der Waals surface area contributed by atoms with E-state index >= 15 is 0 Å². The van der Waals surface area contributed by atoms with Crippen LogP contribution in [0, 0.1) is 0 Å². The Labute approximate surface area is 105 Å². The van der Waals surface area contributed by atoms with Gasteiger partial charge in [-0.2, -0.15) is 5.10 Å². The van der Waals surface area contributed by atoms with Crippen molar-refractivity contribution in [3.05, 3.63) is 27.2 Å². The summed E-state index contributed by atoms with van der Waals surface area (Å²) in [6.07, 6.45) is 0.555. The molecular formula is C9H8BrClN2O3. The topological polar surface area (TPSA) is 70.9 Å². The molecule has 0 saturated carbocycles. The van der Waals surface area contributed by atoms with Gasteiger partial charge < -0.3 is 9.84 Å². The molecule has 2 N–H and O–H groups in total. The third-order valence-electron chi connectivity index (χ3n) is 1.60. The Kier molecular flexibility index (Phi) is 4.57. The molecule has 0 aliphatic carbocycles. The average molecular weight is 308 g/mol. The molecule has 86 valence electrons. The SMILES string of the molecule is COC(=O)N/N=C/c1cc(Cl)cc(Br)c1O. The fraction of sp³-hybridized carbons (Fsp3) is 0.111. The van der Waals surface area contributed by atoms with E-state index in [1.54, 1.807) is 6.07 Å². The van der Waals surface area contributed by atoms with E-state index in [4.69, 9.17) is 11.6 Å². The summed E-state index contributed by atoms with van der Waals surface area (Å²) < 4.78 is 4.75. The molecule has 0 radical (unpaired) electrons. The molecule has 0 bridgehead atoms. The standard InChI is InChI=1S/C9H8BrClN2O3/c1-16-9(15)13-12-4-5-2-6(11)3-7(10)8(5)14/h2-4,14H,1H3,(H,13,15)/b12-4+. The number of ether oxygens (including phenoxy) is 1. The zero-order valence-corrected chi connectivity index (χ0v) is 10.5. The van der Waals surface area contributed by atoms with Crippen LogP contribution in [-0.2, 0) is 4.74 Å². The first-order valence-electron chi connectivity index (χ1n) is 4.09. The van der Waals surface area contributed by atoms with E-state index < -0.39 is 6.09 Å². The summed E-state index contributed by atoms with van der Waals surface area (Å²) in [6.45, 7) is 0. The zero-order chi connectivity index (χ0) is 12.1. The molecule has 1 aromatic carbocycles. The number of amides is 1. The van der Waals surface area contributed by atoms with Crippen molar-refractivity contribution in [2.24, 2.45) is 5.10 Å². The van der Waals surface area contributed by atoms with Crippen molar-refractivity contribution < 1.29 is 14.6 Å². The Morgan fingerprint density at radius 3 is 3.00 bits per heavy atom. The Morgan fingerprint density at radius 1 is 1.69 bits per heavy atom. The summed E-state index contributed by atoms with van der Waals surface area (Å²) in [5, 5.41) is 13.6. The van der Waals surface area contributed by atoms with Crippen LogP contribution in [0.4, 0.5) is 4.79 Å². The fourth-order valence-corrected chi connectivity index (χ4v) is 1.72. The van der Waals surface area contributed by atoms with Crippen molar-refractivity contribution in [1.29, 1.82) is 0 Å².